The van der Waals surface area contributed by atoms with E-state index in [-0.39, 0.29) is 57.1 Å². The average Bonchev–Trinajstić information content (AvgIpc) is 2.95. The second-order valence-electron chi connectivity index (χ2n) is 8.54. The van der Waals surface area contributed by atoms with Gasteiger partial charge in [0, 0.05) is 6.07 Å². The molecule has 0 aliphatic rings. The van der Waals surface area contributed by atoms with Crippen molar-refractivity contribution in [1.29, 1.82) is 21.0 Å². The van der Waals surface area contributed by atoms with Crippen LogP contribution in [-0.2, 0) is 0 Å². The van der Waals surface area contributed by atoms with E-state index in [0.717, 1.165) is 18.2 Å². The number of aromatic nitrogens is 4. The van der Waals surface area contributed by atoms with Crippen molar-refractivity contribution in [1.82, 2.24) is 19.9 Å². The van der Waals surface area contributed by atoms with Crippen LogP contribution < -0.4 is 4.90 Å². The molecule has 2 aromatic carbocycles. The summed E-state index contributed by atoms with van der Waals surface area (Å²) in [5, 5.41) is 37.2. The van der Waals surface area contributed by atoms with Crippen molar-refractivity contribution in [2.24, 2.45) is 0 Å². The van der Waals surface area contributed by atoms with Crippen molar-refractivity contribution in [3.8, 4) is 24.3 Å². The summed E-state index contributed by atoms with van der Waals surface area (Å²) in [5.41, 5.74) is -0.265. The fourth-order valence-electron chi connectivity index (χ4n) is 3.62. The molecule has 0 aliphatic carbocycles. The Balaban J connectivity index is 0.000000408. The third kappa shape index (κ3) is 6.09. The number of hydrogen-bond acceptors (Lipinski definition) is 9. The van der Waals surface area contributed by atoms with Gasteiger partial charge in [-0.2, -0.15) is 21.0 Å². The van der Waals surface area contributed by atoms with E-state index in [1.165, 1.54) is 38.7 Å². The van der Waals surface area contributed by atoms with E-state index >= 15 is 0 Å². The van der Waals surface area contributed by atoms with Gasteiger partial charge in [-0.1, -0.05) is 0 Å². The molecule has 2 heterocycles. The first kappa shape index (κ1) is 30.6. The fraction of sp³-hybridized carbons (Fsp3) is 0.143. The zero-order valence-corrected chi connectivity index (χ0v) is 22.2. The van der Waals surface area contributed by atoms with Crippen molar-refractivity contribution < 1.29 is 22.0 Å². The topological polar surface area (TPSA) is 150 Å². The predicted molar refractivity (Wildman–Crippen MR) is 136 cm³/mol. The molecule has 14 heteroatoms. The summed E-state index contributed by atoms with van der Waals surface area (Å²) < 4.78 is 64.9. The van der Waals surface area contributed by atoms with Crippen molar-refractivity contribution in [3.63, 3.8) is 0 Å². The van der Waals surface area contributed by atoms with Gasteiger partial charge in [-0.15, -0.1) is 0 Å². The monoisotopic (exact) mass is 573 g/mol. The van der Waals surface area contributed by atoms with E-state index in [9.17, 15) is 43.0 Å². The zero-order valence-electron chi connectivity index (χ0n) is 22.2. The van der Waals surface area contributed by atoms with Crippen LogP contribution in [-0.4, -0.2) is 19.9 Å². The SMILES string of the molecule is Cc1cc(F)c(F)c(F)c1.Cc1cc(N(c2nc(C#N)c(C#N)nc2C)c2nc(C#N)c(C#N)nc2C)cc(F)c1F. The normalized spacial score (nSPS) is 9.93. The first-order valence-corrected chi connectivity index (χ1v) is 11.6. The van der Waals surface area contributed by atoms with Gasteiger partial charge in [0.15, 0.2) is 63.5 Å². The van der Waals surface area contributed by atoms with Crippen LogP contribution in [0.1, 0.15) is 45.3 Å². The van der Waals surface area contributed by atoms with Crippen LogP contribution in [0.5, 0.6) is 0 Å². The van der Waals surface area contributed by atoms with Crippen molar-refractivity contribution in [2.45, 2.75) is 27.7 Å². The summed E-state index contributed by atoms with van der Waals surface area (Å²) >= 11 is 0. The third-order valence-electron chi connectivity index (χ3n) is 5.52. The van der Waals surface area contributed by atoms with Crippen LogP contribution >= 0.6 is 0 Å². The Bertz CT molecular complexity index is 1770. The second-order valence-corrected chi connectivity index (χ2v) is 8.54. The maximum absolute atomic E-state index is 14.3. The highest BCUT2D eigenvalue weighted by Gasteiger charge is 2.26. The van der Waals surface area contributed by atoms with Gasteiger partial charge in [0.05, 0.1) is 17.1 Å². The number of hydrogen-bond donors (Lipinski definition) is 0. The lowest BCUT2D eigenvalue weighted by Gasteiger charge is -2.26. The van der Waals surface area contributed by atoms with Gasteiger partial charge in [-0.3, -0.25) is 4.90 Å². The Kier molecular flexibility index (Phi) is 9.06. The van der Waals surface area contributed by atoms with E-state index in [1.54, 1.807) is 24.3 Å². The molecular formula is C28H16F5N9. The smallest absolute Gasteiger partial charge is 0.194 e. The van der Waals surface area contributed by atoms with Gasteiger partial charge in [0.1, 0.15) is 24.3 Å². The highest BCUT2D eigenvalue weighted by Crippen LogP contribution is 2.37. The van der Waals surface area contributed by atoms with Crippen LogP contribution in [0.15, 0.2) is 24.3 Å². The van der Waals surface area contributed by atoms with Crippen LogP contribution in [0.4, 0.5) is 39.3 Å². The average molecular weight is 573 g/mol. The Labute approximate surface area is 236 Å². The minimum Gasteiger partial charge on any atom is -0.276 e. The van der Waals surface area contributed by atoms with Gasteiger partial charge >= 0.3 is 0 Å². The molecule has 0 amide bonds. The molecule has 0 saturated carbocycles. The molecule has 0 N–H and O–H groups in total. The minimum atomic E-state index is -1.41. The van der Waals surface area contributed by atoms with E-state index in [2.05, 4.69) is 19.9 Å². The molecule has 42 heavy (non-hydrogen) atoms. The van der Waals surface area contributed by atoms with Gasteiger partial charge in [0.25, 0.3) is 0 Å². The number of benzene rings is 2. The molecule has 4 rings (SSSR count). The summed E-state index contributed by atoms with van der Waals surface area (Å²) in [6.45, 7) is 5.85. The summed E-state index contributed by atoms with van der Waals surface area (Å²) in [6, 6.07) is 11.2. The van der Waals surface area contributed by atoms with Gasteiger partial charge in [0.2, 0.25) is 0 Å². The van der Waals surface area contributed by atoms with E-state index in [0.29, 0.717) is 5.56 Å². The molecule has 0 saturated heterocycles. The summed E-state index contributed by atoms with van der Waals surface area (Å²) in [7, 11) is 0. The molecule has 9 nitrogen and oxygen atoms in total. The predicted octanol–water partition coefficient (Wildman–Crippen LogP) is 5.84. The molecule has 0 fully saturated rings. The second kappa shape index (κ2) is 12.5. The van der Waals surface area contributed by atoms with Crippen molar-refractivity contribution >= 4 is 17.3 Å². The fourth-order valence-corrected chi connectivity index (χ4v) is 3.62. The highest BCUT2D eigenvalue weighted by atomic mass is 19.2. The molecular weight excluding hydrogens is 557 g/mol. The maximum Gasteiger partial charge on any atom is 0.194 e. The Morgan fingerprint density at radius 2 is 0.929 bits per heavy atom. The van der Waals surface area contributed by atoms with E-state index in [4.69, 9.17) is 0 Å². The molecule has 0 unspecified atom stereocenters. The first-order valence-electron chi connectivity index (χ1n) is 11.6. The molecule has 4 aromatic rings. The summed E-state index contributed by atoms with van der Waals surface area (Å²) in [5.74, 6) is -5.92. The first-order chi connectivity index (χ1) is 19.9. The van der Waals surface area contributed by atoms with E-state index in [1.807, 2.05) is 0 Å². The quantitative estimate of drug-likeness (QED) is 0.218. The minimum absolute atomic E-state index is 0.0167. The number of rotatable bonds is 3. The Morgan fingerprint density at radius 1 is 0.548 bits per heavy atom. The number of anilines is 3. The lowest BCUT2D eigenvalue weighted by molar-refractivity contribution is 0.446. The molecule has 2 aromatic heterocycles. The molecule has 0 aliphatic heterocycles. The molecule has 0 radical (unpaired) electrons. The van der Waals surface area contributed by atoms with Crippen LogP contribution in [0, 0.1) is 102 Å². The molecule has 208 valence electrons. The number of nitrogens with zero attached hydrogens (tertiary/aromatic N) is 9. The van der Waals surface area contributed by atoms with Gasteiger partial charge < -0.3 is 0 Å². The van der Waals surface area contributed by atoms with Crippen LogP contribution in [0.3, 0.4) is 0 Å². The van der Waals surface area contributed by atoms with Gasteiger partial charge in [-0.05, 0) is 57.0 Å². The summed E-state index contributed by atoms with van der Waals surface area (Å²) in [4.78, 5) is 17.8. The molecule has 0 atom stereocenters. The van der Waals surface area contributed by atoms with E-state index < -0.39 is 29.1 Å². The number of halogens is 5. The van der Waals surface area contributed by atoms with Crippen LogP contribution in [0.2, 0.25) is 0 Å². The Morgan fingerprint density at radius 3 is 1.31 bits per heavy atom. The lowest BCUT2D eigenvalue weighted by Crippen LogP contribution is -2.20. The third-order valence-corrected chi connectivity index (χ3v) is 5.52. The molecule has 0 spiro atoms. The number of nitriles is 4. The summed E-state index contributed by atoms with van der Waals surface area (Å²) in [6.07, 6.45) is 0. The standard InChI is InChI=1S/C21H11F2N9.C7H5F3/c1-10-4-13(5-14(22)19(10)23)32(20-11(2)28-15(6-24)17(8-26)30-20)21-12(3)29-16(7-25)18(9-27)31-21;1-4-2-5(8)7(10)6(9)3-4/h4-5H,1-3H3;2-3H,1H3. The molecule has 0 bridgehead atoms. The largest absolute Gasteiger partial charge is 0.276 e. The zero-order chi connectivity index (χ0) is 31.3. The van der Waals surface area contributed by atoms with Crippen molar-refractivity contribution in [3.05, 3.63) is 98.6 Å². The lowest BCUT2D eigenvalue weighted by atomic mass is 10.1. The highest BCUT2D eigenvalue weighted by molar-refractivity contribution is 5.76. The number of aryl methyl sites for hydroxylation is 4. The van der Waals surface area contributed by atoms with Crippen LogP contribution in [0.25, 0.3) is 0 Å². The maximum atomic E-state index is 14.3. The van der Waals surface area contributed by atoms with Gasteiger partial charge in [-0.25, -0.2) is 41.9 Å². The van der Waals surface area contributed by atoms with Crippen molar-refractivity contribution in [2.75, 3.05) is 4.90 Å². The Hall–Kier alpha value is -5.99.